The Morgan fingerprint density at radius 2 is 1.80 bits per heavy atom. The first kappa shape index (κ1) is 10.7. The van der Waals surface area contributed by atoms with E-state index in [0.717, 1.165) is 10.9 Å². The molecule has 0 atom stereocenters. The van der Waals surface area contributed by atoms with Gasteiger partial charge in [0, 0.05) is 11.5 Å². The SMILES string of the molecule is O=[N+]([O-])O.Oc1ccc2ccccc2n1. The smallest absolute Gasteiger partial charge is 0.291 e. The number of nitrogens with zero attached hydrogens (tertiary/aromatic N) is 2. The van der Waals surface area contributed by atoms with Crippen molar-refractivity contribution in [1.82, 2.24) is 4.98 Å². The Bertz CT molecular complexity index is 468. The normalized spacial score (nSPS) is 9.07. The summed E-state index contributed by atoms with van der Waals surface area (Å²) >= 11 is 0. The van der Waals surface area contributed by atoms with Crippen LogP contribution in [0.4, 0.5) is 0 Å². The molecule has 1 aromatic heterocycles. The number of pyridine rings is 1. The average Bonchev–Trinajstić information content (AvgIpc) is 2.16. The molecule has 15 heavy (non-hydrogen) atoms. The van der Waals surface area contributed by atoms with Crippen LogP contribution in [0, 0.1) is 10.1 Å². The van der Waals surface area contributed by atoms with Crippen molar-refractivity contribution in [3.63, 3.8) is 0 Å². The first-order valence-corrected chi connectivity index (χ1v) is 3.97. The van der Waals surface area contributed by atoms with Crippen LogP contribution in [0.15, 0.2) is 36.4 Å². The van der Waals surface area contributed by atoms with Crippen molar-refractivity contribution in [2.24, 2.45) is 0 Å². The lowest BCUT2D eigenvalue weighted by atomic mass is 10.2. The van der Waals surface area contributed by atoms with Crippen molar-refractivity contribution in [2.45, 2.75) is 0 Å². The summed E-state index contributed by atoms with van der Waals surface area (Å²) in [5, 5.41) is 23.7. The third kappa shape index (κ3) is 3.47. The van der Waals surface area contributed by atoms with Gasteiger partial charge < -0.3 is 10.3 Å². The van der Waals surface area contributed by atoms with Crippen LogP contribution < -0.4 is 0 Å². The first-order chi connectivity index (χ1) is 7.09. The number of hydrogen-bond acceptors (Lipinski definition) is 4. The lowest BCUT2D eigenvalue weighted by Gasteiger charge is -1.95. The van der Waals surface area contributed by atoms with Gasteiger partial charge in [-0.3, -0.25) is 0 Å². The lowest BCUT2D eigenvalue weighted by molar-refractivity contribution is -0.742. The molecular weight excluding hydrogens is 200 g/mol. The van der Waals surface area contributed by atoms with Crippen LogP contribution in [0.2, 0.25) is 0 Å². The van der Waals surface area contributed by atoms with Gasteiger partial charge in [0.1, 0.15) is 0 Å². The van der Waals surface area contributed by atoms with E-state index < -0.39 is 5.09 Å². The Hall–Kier alpha value is -2.37. The van der Waals surface area contributed by atoms with Gasteiger partial charge in [-0.25, -0.2) is 4.98 Å². The standard InChI is InChI=1S/C9H7NO.HNO3/c11-9-6-5-7-3-1-2-4-8(7)10-9;2-1(3)4/h1-6H,(H,10,11);(H,2,3,4). The van der Waals surface area contributed by atoms with E-state index in [2.05, 4.69) is 4.98 Å². The van der Waals surface area contributed by atoms with Crippen LogP contribution in [0.5, 0.6) is 5.88 Å². The third-order valence-electron chi connectivity index (χ3n) is 1.58. The Labute approximate surface area is 84.5 Å². The molecule has 6 nitrogen and oxygen atoms in total. The van der Waals surface area contributed by atoms with E-state index in [4.69, 9.17) is 20.4 Å². The van der Waals surface area contributed by atoms with Crippen molar-refractivity contribution < 1.29 is 15.4 Å². The molecule has 2 aromatic rings. The molecule has 0 aliphatic heterocycles. The van der Waals surface area contributed by atoms with Crippen molar-refractivity contribution in [3.8, 4) is 5.88 Å². The summed E-state index contributed by atoms with van der Waals surface area (Å²) < 4.78 is 0. The fourth-order valence-electron chi connectivity index (χ4n) is 1.06. The Balaban J connectivity index is 0.000000245. The molecule has 0 saturated carbocycles. The maximum absolute atomic E-state index is 9.02. The number of aromatic nitrogens is 1. The summed E-state index contributed by atoms with van der Waals surface area (Å²) in [5.41, 5.74) is 0.826. The van der Waals surface area contributed by atoms with Gasteiger partial charge in [-0.15, -0.1) is 10.1 Å². The van der Waals surface area contributed by atoms with Gasteiger partial charge in [-0.05, 0) is 12.1 Å². The highest BCUT2D eigenvalue weighted by atomic mass is 16.9. The molecule has 0 amide bonds. The zero-order chi connectivity index (χ0) is 11.3. The van der Waals surface area contributed by atoms with Crippen molar-refractivity contribution in [1.29, 1.82) is 0 Å². The highest BCUT2D eigenvalue weighted by Gasteiger charge is 1.92. The van der Waals surface area contributed by atoms with Crippen molar-refractivity contribution >= 4 is 10.9 Å². The number of fused-ring (bicyclic) bond motifs is 1. The molecule has 0 fully saturated rings. The number of rotatable bonds is 0. The second-order valence-corrected chi connectivity index (χ2v) is 2.60. The minimum atomic E-state index is -1.50. The minimum absolute atomic E-state index is 0.0729. The summed E-state index contributed by atoms with van der Waals surface area (Å²) in [6, 6.07) is 11.1. The second kappa shape index (κ2) is 4.75. The maximum Gasteiger partial charge on any atom is 0.291 e. The molecule has 2 rings (SSSR count). The van der Waals surface area contributed by atoms with Crippen molar-refractivity contribution in [2.75, 3.05) is 0 Å². The minimum Gasteiger partial charge on any atom is -0.493 e. The molecule has 78 valence electrons. The summed E-state index contributed by atoms with van der Waals surface area (Å²) in [6.45, 7) is 0. The highest BCUT2D eigenvalue weighted by Crippen LogP contribution is 2.14. The number of benzene rings is 1. The van der Waals surface area contributed by atoms with Gasteiger partial charge in [-0.2, -0.15) is 0 Å². The van der Waals surface area contributed by atoms with Gasteiger partial charge in [0.05, 0.1) is 5.52 Å². The Morgan fingerprint density at radius 1 is 1.20 bits per heavy atom. The molecule has 1 aromatic carbocycles. The van der Waals surface area contributed by atoms with Gasteiger partial charge in [0.15, 0.2) is 0 Å². The van der Waals surface area contributed by atoms with E-state index in [1.807, 2.05) is 30.3 Å². The zero-order valence-corrected chi connectivity index (χ0v) is 7.57. The number of hydrogen-bond donors (Lipinski definition) is 2. The molecule has 0 aliphatic rings. The molecule has 1 heterocycles. The monoisotopic (exact) mass is 208 g/mol. The molecule has 2 N–H and O–H groups in total. The summed E-state index contributed by atoms with van der Waals surface area (Å²) in [5.74, 6) is 0.0729. The van der Waals surface area contributed by atoms with E-state index in [1.165, 1.54) is 0 Å². The van der Waals surface area contributed by atoms with Crippen LogP contribution >= 0.6 is 0 Å². The van der Waals surface area contributed by atoms with E-state index in [-0.39, 0.29) is 5.88 Å². The summed E-state index contributed by atoms with van der Waals surface area (Å²) in [7, 11) is 0. The van der Waals surface area contributed by atoms with E-state index in [0.29, 0.717) is 0 Å². The summed E-state index contributed by atoms with van der Waals surface area (Å²) in [6.07, 6.45) is 0. The fraction of sp³-hybridized carbons (Fsp3) is 0. The van der Waals surface area contributed by atoms with Crippen LogP contribution in [0.25, 0.3) is 10.9 Å². The molecular formula is C9H8N2O4. The van der Waals surface area contributed by atoms with Crippen LogP contribution in [0.3, 0.4) is 0 Å². The first-order valence-electron chi connectivity index (χ1n) is 3.97. The predicted octanol–water partition coefficient (Wildman–Crippen LogP) is 1.59. The molecule has 6 heteroatoms. The van der Waals surface area contributed by atoms with E-state index >= 15 is 0 Å². The topological polar surface area (TPSA) is 96.5 Å². The molecule has 0 spiro atoms. The second-order valence-electron chi connectivity index (χ2n) is 2.60. The van der Waals surface area contributed by atoms with E-state index in [9.17, 15) is 0 Å². The maximum atomic E-state index is 9.02. The number of aromatic hydroxyl groups is 1. The Kier molecular flexibility index (Phi) is 3.39. The molecule has 0 saturated heterocycles. The zero-order valence-electron chi connectivity index (χ0n) is 7.57. The molecule has 0 unspecified atom stereocenters. The largest absolute Gasteiger partial charge is 0.493 e. The lowest BCUT2D eigenvalue weighted by Crippen LogP contribution is -1.81. The van der Waals surface area contributed by atoms with Crippen LogP contribution in [-0.2, 0) is 0 Å². The van der Waals surface area contributed by atoms with Gasteiger partial charge in [0.25, 0.3) is 5.09 Å². The molecule has 0 aliphatic carbocycles. The predicted molar refractivity (Wildman–Crippen MR) is 52.2 cm³/mol. The number of para-hydroxylation sites is 1. The summed E-state index contributed by atoms with van der Waals surface area (Å²) in [4.78, 5) is 12.3. The van der Waals surface area contributed by atoms with Crippen LogP contribution in [0.1, 0.15) is 0 Å². The fourth-order valence-corrected chi connectivity index (χ4v) is 1.06. The van der Waals surface area contributed by atoms with Gasteiger partial charge in [-0.1, -0.05) is 18.2 Å². The van der Waals surface area contributed by atoms with Gasteiger partial charge >= 0.3 is 0 Å². The molecule has 0 bridgehead atoms. The van der Waals surface area contributed by atoms with Gasteiger partial charge in [0.2, 0.25) is 5.88 Å². The van der Waals surface area contributed by atoms with E-state index in [1.54, 1.807) is 6.07 Å². The Morgan fingerprint density at radius 3 is 2.47 bits per heavy atom. The molecule has 0 radical (unpaired) electrons. The quantitative estimate of drug-likeness (QED) is 0.506. The average molecular weight is 208 g/mol. The van der Waals surface area contributed by atoms with Crippen molar-refractivity contribution in [3.05, 3.63) is 46.5 Å². The van der Waals surface area contributed by atoms with Crippen LogP contribution in [-0.4, -0.2) is 20.4 Å². The highest BCUT2D eigenvalue weighted by molar-refractivity contribution is 5.78. The third-order valence-corrected chi connectivity index (χ3v) is 1.58.